The van der Waals surface area contributed by atoms with Gasteiger partial charge in [-0.3, -0.25) is 9.59 Å². The smallest absolute Gasteiger partial charge is 0.248 e. The molecule has 11 heteroatoms. The zero-order valence-corrected chi connectivity index (χ0v) is 22.8. The van der Waals surface area contributed by atoms with Crippen LogP contribution in [0.5, 0.6) is 11.5 Å². The lowest BCUT2D eigenvalue weighted by atomic mass is 9.99. The Balaban J connectivity index is 1.30. The fraction of sp³-hybridized carbons (Fsp3) is 0.310. The number of para-hydroxylation sites is 1. The minimum absolute atomic E-state index is 0.0649. The van der Waals surface area contributed by atoms with Crippen LogP contribution in [0.15, 0.2) is 61.1 Å². The summed E-state index contributed by atoms with van der Waals surface area (Å²) in [6, 6.07) is 14.0. The number of carbonyl (C=O) groups is 2. The number of aliphatic hydroxyl groups excluding tert-OH is 1. The highest BCUT2D eigenvalue weighted by atomic mass is 35.5. The SMILES string of the molecule is C[C@H](O)C(=O)N[C@@H](C)[C@@H]1CC[C@@H](Nc2ncnc3[nH]cc(C(=O)c4ccc(Oc5ccccc5)cc4Cl)c23)CO1. The summed E-state index contributed by atoms with van der Waals surface area (Å²) in [6.45, 7) is 3.67. The number of rotatable bonds is 9. The molecule has 3 heterocycles. The highest BCUT2D eigenvalue weighted by molar-refractivity contribution is 6.35. The third-order valence-corrected chi connectivity index (χ3v) is 7.15. The van der Waals surface area contributed by atoms with Gasteiger partial charge < -0.3 is 30.2 Å². The first-order valence-corrected chi connectivity index (χ1v) is 13.4. The van der Waals surface area contributed by atoms with Crippen LogP contribution in [0.3, 0.4) is 0 Å². The number of ketones is 1. The van der Waals surface area contributed by atoms with Gasteiger partial charge in [-0.25, -0.2) is 9.97 Å². The number of nitrogens with one attached hydrogen (secondary N) is 3. The van der Waals surface area contributed by atoms with E-state index in [2.05, 4.69) is 25.6 Å². The molecule has 1 aliphatic heterocycles. The van der Waals surface area contributed by atoms with Gasteiger partial charge in [0.2, 0.25) is 5.91 Å². The molecule has 0 spiro atoms. The van der Waals surface area contributed by atoms with Gasteiger partial charge >= 0.3 is 0 Å². The van der Waals surface area contributed by atoms with Crippen molar-refractivity contribution in [2.75, 3.05) is 11.9 Å². The molecule has 2 aromatic carbocycles. The van der Waals surface area contributed by atoms with Crippen molar-refractivity contribution in [2.24, 2.45) is 0 Å². The minimum atomic E-state index is -1.07. The highest BCUT2D eigenvalue weighted by Crippen LogP contribution is 2.32. The number of hydrogen-bond acceptors (Lipinski definition) is 8. The second kappa shape index (κ2) is 12.0. The van der Waals surface area contributed by atoms with E-state index in [0.717, 1.165) is 6.42 Å². The molecule has 0 unspecified atom stereocenters. The molecule has 0 saturated carbocycles. The number of aromatic amines is 1. The molecule has 1 fully saturated rings. The van der Waals surface area contributed by atoms with Gasteiger partial charge in [-0.05, 0) is 51.0 Å². The average Bonchev–Trinajstić information content (AvgIpc) is 3.39. The Labute approximate surface area is 236 Å². The van der Waals surface area contributed by atoms with E-state index in [1.807, 2.05) is 37.3 Å². The van der Waals surface area contributed by atoms with Crippen LogP contribution in [0.1, 0.15) is 42.6 Å². The molecule has 5 rings (SSSR count). The molecule has 0 aliphatic carbocycles. The molecule has 2 aromatic heterocycles. The molecule has 10 nitrogen and oxygen atoms in total. The van der Waals surface area contributed by atoms with Crippen LogP contribution in [0.25, 0.3) is 11.0 Å². The predicted octanol–water partition coefficient (Wildman–Crippen LogP) is 4.48. The molecule has 0 bridgehead atoms. The molecule has 1 aliphatic rings. The average molecular weight is 564 g/mol. The number of fused-ring (bicyclic) bond motifs is 1. The summed E-state index contributed by atoms with van der Waals surface area (Å²) in [5, 5.41) is 16.4. The Hall–Kier alpha value is -3.99. The summed E-state index contributed by atoms with van der Waals surface area (Å²) in [5.74, 6) is 0.995. The van der Waals surface area contributed by atoms with Crippen molar-refractivity contribution in [3.8, 4) is 11.5 Å². The molecular weight excluding hydrogens is 534 g/mol. The van der Waals surface area contributed by atoms with Gasteiger partial charge in [0.05, 0.1) is 40.8 Å². The lowest BCUT2D eigenvalue weighted by Crippen LogP contribution is -2.49. The first-order chi connectivity index (χ1) is 19.3. The summed E-state index contributed by atoms with van der Waals surface area (Å²) < 4.78 is 11.8. The monoisotopic (exact) mass is 563 g/mol. The Bertz CT molecular complexity index is 1500. The second-order valence-corrected chi connectivity index (χ2v) is 10.2. The number of hydrogen-bond donors (Lipinski definition) is 4. The van der Waals surface area contributed by atoms with Gasteiger partial charge in [0.25, 0.3) is 0 Å². The summed E-state index contributed by atoms with van der Waals surface area (Å²) in [4.78, 5) is 37.2. The maximum Gasteiger partial charge on any atom is 0.248 e. The van der Waals surface area contributed by atoms with Crippen LogP contribution < -0.4 is 15.4 Å². The van der Waals surface area contributed by atoms with E-state index in [1.54, 1.807) is 24.4 Å². The van der Waals surface area contributed by atoms with Gasteiger partial charge in [-0.2, -0.15) is 0 Å². The molecular formula is C29H30ClN5O5. The Morgan fingerprint density at radius 1 is 1.10 bits per heavy atom. The van der Waals surface area contributed by atoms with Crippen molar-refractivity contribution in [1.82, 2.24) is 20.3 Å². The third kappa shape index (κ3) is 6.09. The van der Waals surface area contributed by atoms with Gasteiger partial charge in [0.15, 0.2) is 5.78 Å². The molecule has 1 amide bonds. The maximum atomic E-state index is 13.6. The topological polar surface area (TPSA) is 138 Å². The number of aliphatic hydroxyl groups is 1. The number of benzene rings is 2. The minimum Gasteiger partial charge on any atom is -0.457 e. The second-order valence-electron chi connectivity index (χ2n) is 9.80. The van der Waals surface area contributed by atoms with E-state index in [1.165, 1.54) is 13.3 Å². The predicted molar refractivity (Wildman–Crippen MR) is 151 cm³/mol. The zero-order valence-electron chi connectivity index (χ0n) is 22.1. The molecule has 1 saturated heterocycles. The number of nitrogens with zero attached hydrogens (tertiary/aromatic N) is 2. The number of ether oxygens (including phenoxy) is 2. The molecule has 0 radical (unpaired) electrons. The van der Waals surface area contributed by atoms with E-state index in [4.69, 9.17) is 21.1 Å². The summed E-state index contributed by atoms with van der Waals surface area (Å²) in [6.07, 6.45) is 3.24. The standard InChI is InChI=1S/C29H30ClN5O5/c1-16(34-29(38)17(2)36)24-11-8-18(14-39-24)35-28-25-22(13-31-27(25)32-15-33-28)26(37)21-10-9-20(12-23(21)30)40-19-6-4-3-5-7-19/h3-7,9-10,12-13,15-18,24,36H,8,11,14H2,1-2H3,(H,34,38)(H2,31,32,33,35)/t16-,17-,18+,24-/m0/s1. The maximum absolute atomic E-state index is 13.6. The number of carbonyl (C=O) groups excluding carboxylic acids is 2. The van der Waals surface area contributed by atoms with Crippen molar-refractivity contribution in [3.63, 3.8) is 0 Å². The van der Waals surface area contributed by atoms with E-state index in [9.17, 15) is 14.7 Å². The van der Waals surface area contributed by atoms with Crippen LogP contribution >= 0.6 is 11.6 Å². The van der Waals surface area contributed by atoms with Crippen LogP contribution in [0.4, 0.5) is 5.82 Å². The number of anilines is 1. The van der Waals surface area contributed by atoms with E-state index < -0.39 is 12.0 Å². The zero-order chi connectivity index (χ0) is 28.2. The number of amides is 1. The number of H-pyrrole nitrogens is 1. The summed E-state index contributed by atoms with van der Waals surface area (Å²) >= 11 is 6.53. The van der Waals surface area contributed by atoms with E-state index >= 15 is 0 Å². The lowest BCUT2D eigenvalue weighted by molar-refractivity contribution is -0.130. The van der Waals surface area contributed by atoms with E-state index in [-0.39, 0.29) is 29.0 Å². The van der Waals surface area contributed by atoms with Gasteiger partial charge in [-0.1, -0.05) is 29.8 Å². The Morgan fingerprint density at radius 2 is 1.90 bits per heavy atom. The molecule has 4 aromatic rings. The normalized spacial score (nSPS) is 18.6. The van der Waals surface area contributed by atoms with Crippen LogP contribution in [0, 0.1) is 0 Å². The van der Waals surface area contributed by atoms with Crippen molar-refractivity contribution < 1.29 is 24.2 Å². The Kier molecular flexibility index (Phi) is 8.29. The summed E-state index contributed by atoms with van der Waals surface area (Å²) in [5.41, 5.74) is 1.24. The van der Waals surface area contributed by atoms with Gasteiger partial charge in [0, 0.05) is 17.8 Å². The summed E-state index contributed by atoms with van der Waals surface area (Å²) in [7, 11) is 0. The van der Waals surface area contributed by atoms with Crippen molar-refractivity contribution in [1.29, 1.82) is 0 Å². The van der Waals surface area contributed by atoms with Crippen LogP contribution in [0.2, 0.25) is 5.02 Å². The molecule has 4 atom stereocenters. The van der Waals surface area contributed by atoms with Crippen LogP contribution in [-0.2, 0) is 9.53 Å². The van der Waals surface area contributed by atoms with E-state index in [0.29, 0.717) is 52.5 Å². The number of aromatic nitrogens is 3. The van der Waals surface area contributed by atoms with Gasteiger partial charge in [-0.15, -0.1) is 0 Å². The quantitative estimate of drug-likeness (QED) is 0.219. The van der Waals surface area contributed by atoms with Crippen LogP contribution in [-0.4, -0.2) is 62.6 Å². The molecule has 208 valence electrons. The molecule has 40 heavy (non-hydrogen) atoms. The van der Waals surface area contributed by atoms with Crippen molar-refractivity contribution in [3.05, 3.63) is 77.2 Å². The molecule has 4 N–H and O–H groups in total. The fourth-order valence-corrected chi connectivity index (χ4v) is 4.93. The largest absolute Gasteiger partial charge is 0.457 e. The first-order valence-electron chi connectivity index (χ1n) is 13.1. The fourth-order valence-electron chi connectivity index (χ4n) is 4.68. The van der Waals surface area contributed by atoms with Crippen molar-refractivity contribution >= 4 is 40.1 Å². The highest BCUT2D eigenvalue weighted by Gasteiger charge is 2.29. The Morgan fingerprint density at radius 3 is 2.60 bits per heavy atom. The van der Waals surface area contributed by atoms with Gasteiger partial charge in [0.1, 0.15) is 35.4 Å². The third-order valence-electron chi connectivity index (χ3n) is 6.84. The number of halogens is 1. The lowest BCUT2D eigenvalue weighted by Gasteiger charge is -2.33. The first kappa shape index (κ1) is 27.6. The van der Waals surface area contributed by atoms with Crippen molar-refractivity contribution in [2.45, 2.75) is 51.0 Å².